The van der Waals surface area contributed by atoms with Gasteiger partial charge in [-0.15, -0.1) is 0 Å². The van der Waals surface area contributed by atoms with E-state index in [1.807, 2.05) is 6.92 Å². The van der Waals surface area contributed by atoms with E-state index in [0.29, 0.717) is 17.3 Å². The van der Waals surface area contributed by atoms with Gasteiger partial charge in [0.25, 0.3) is 5.91 Å². The van der Waals surface area contributed by atoms with Crippen LogP contribution in [0.5, 0.6) is 0 Å². The Balaban J connectivity index is 1.73. The van der Waals surface area contributed by atoms with Crippen molar-refractivity contribution >= 4 is 16.9 Å². The average Bonchev–Trinajstić information content (AvgIpc) is 2.91. The smallest absolute Gasteiger partial charge is 0.251 e. The number of aromatic nitrogens is 2. The number of benzene rings is 1. The maximum Gasteiger partial charge on any atom is 0.251 e. The van der Waals surface area contributed by atoms with Crippen LogP contribution >= 0.6 is 0 Å². The number of nitrogens with zero attached hydrogens (tertiary/aromatic N) is 1. The first-order valence-electron chi connectivity index (χ1n) is 7.69. The number of aliphatic hydroxyl groups excluding tert-OH is 2. The molecule has 1 aromatic carbocycles. The fraction of sp³-hybridized carbons (Fsp3) is 0.500. The lowest BCUT2D eigenvalue weighted by Crippen LogP contribution is -2.46. The zero-order chi connectivity index (χ0) is 15.7. The summed E-state index contributed by atoms with van der Waals surface area (Å²) in [5.74, 6) is 0.735. The van der Waals surface area contributed by atoms with Crippen LogP contribution in [0.25, 0.3) is 11.0 Å². The summed E-state index contributed by atoms with van der Waals surface area (Å²) in [6, 6.07) is 5.36. The first kappa shape index (κ1) is 15.0. The van der Waals surface area contributed by atoms with Gasteiger partial charge in [0, 0.05) is 11.6 Å². The summed E-state index contributed by atoms with van der Waals surface area (Å²) in [5.41, 5.74) is 2.04. The molecule has 1 aliphatic carbocycles. The first-order chi connectivity index (χ1) is 10.6. The molecule has 1 saturated carbocycles. The van der Waals surface area contributed by atoms with Crippen molar-refractivity contribution in [1.29, 1.82) is 0 Å². The third kappa shape index (κ3) is 2.84. The Morgan fingerprint density at radius 3 is 2.91 bits per heavy atom. The van der Waals surface area contributed by atoms with Crippen LogP contribution in [0, 0.1) is 5.92 Å². The van der Waals surface area contributed by atoms with E-state index in [4.69, 9.17) is 5.11 Å². The number of aliphatic hydroxyl groups is 2. The van der Waals surface area contributed by atoms with E-state index < -0.39 is 0 Å². The predicted octanol–water partition coefficient (Wildman–Crippen LogP) is 1.33. The molecule has 1 heterocycles. The van der Waals surface area contributed by atoms with Crippen LogP contribution < -0.4 is 5.32 Å². The summed E-state index contributed by atoms with van der Waals surface area (Å²) < 4.78 is 0. The minimum Gasteiger partial charge on any atom is -0.393 e. The van der Waals surface area contributed by atoms with Gasteiger partial charge in [0.15, 0.2) is 0 Å². The van der Waals surface area contributed by atoms with Gasteiger partial charge in [0.2, 0.25) is 0 Å². The highest BCUT2D eigenvalue weighted by molar-refractivity contribution is 5.97. The Labute approximate surface area is 128 Å². The van der Waals surface area contributed by atoms with Gasteiger partial charge in [-0.05, 0) is 43.4 Å². The first-order valence-corrected chi connectivity index (χ1v) is 7.69. The van der Waals surface area contributed by atoms with Crippen LogP contribution in [-0.2, 0) is 6.61 Å². The van der Waals surface area contributed by atoms with Gasteiger partial charge >= 0.3 is 0 Å². The van der Waals surface area contributed by atoms with Gasteiger partial charge in [-0.3, -0.25) is 4.79 Å². The third-order valence-electron chi connectivity index (χ3n) is 4.42. The normalized spacial score (nSPS) is 22.3. The second kappa shape index (κ2) is 6.06. The Hall–Kier alpha value is -1.92. The molecule has 0 radical (unpaired) electrons. The summed E-state index contributed by atoms with van der Waals surface area (Å²) >= 11 is 0. The summed E-state index contributed by atoms with van der Waals surface area (Å²) in [7, 11) is 0. The van der Waals surface area contributed by atoms with Gasteiger partial charge in [-0.1, -0.05) is 6.92 Å². The zero-order valence-corrected chi connectivity index (χ0v) is 12.5. The number of H-pyrrole nitrogens is 1. The number of hydrogen-bond donors (Lipinski definition) is 4. The molecule has 1 atom stereocenters. The largest absolute Gasteiger partial charge is 0.393 e. The Morgan fingerprint density at radius 1 is 1.50 bits per heavy atom. The molecule has 1 aromatic heterocycles. The second-order valence-corrected chi connectivity index (χ2v) is 5.95. The highest BCUT2D eigenvalue weighted by Gasteiger charge is 2.33. The predicted molar refractivity (Wildman–Crippen MR) is 82.3 cm³/mol. The van der Waals surface area contributed by atoms with E-state index in [2.05, 4.69) is 15.3 Å². The maximum atomic E-state index is 12.4. The molecular formula is C16H21N3O3. The molecular weight excluding hydrogens is 282 g/mol. The Morgan fingerprint density at radius 2 is 2.27 bits per heavy atom. The topological polar surface area (TPSA) is 98.2 Å². The van der Waals surface area contributed by atoms with Crippen LogP contribution in [0.2, 0.25) is 0 Å². The molecule has 0 bridgehead atoms. The lowest BCUT2D eigenvalue weighted by Gasteiger charge is -2.37. The molecule has 0 saturated heterocycles. The number of aromatic amines is 1. The molecule has 2 aromatic rings. The van der Waals surface area contributed by atoms with Gasteiger partial charge in [0.05, 0.1) is 17.1 Å². The van der Waals surface area contributed by atoms with Crippen LogP contribution in [0.3, 0.4) is 0 Å². The van der Waals surface area contributed by atoms with Gasteiger partial charge < -0.3 is 20.5 Å². The molecule has 0 spiro atoms. The molecule has 1 aliphatic rings. The molecule has 0 unspecified atom stereocenters. The SMILES string of the molecule is CC[C@@H](NC(=O)c1ccc2nc(CO)[nH]c2c1)C1CC(O)C1. The van der Waals surface area contributed by atoms with Crippen molar-refractivity contribution in [3.05, 3.63) is 29.6 Å². The monoisotopic (exact) mass is 303 g/mol. The number of nitrogens with one attached hydrogen (secondary N) is 2. The minimum absolute atomic E-state index is 0.0985. The molecule has 4 N–H and O–H groups in total. The van der Waals surface area contributed by atoms with E-state index in [1.165, 1.54) is 0 Å². The minimum atomic E-state index is -0.214. The van der Waals surface area contributed by atoms with Crippen molar-refractivity contribution < 1.29 is 15.0 Å². The maximum absolute atomic E-state index is 12.4. The number of rotatable bonds is 5. The van der Waals surface area contributed by atoms with Crippen molar-refractivity contribution in [2.75, 3.05) is 0 Å². The van der Waals surface area contributed by atoms with Gasteiger partial charge in [-0.2, -0.15) is 0 Å². The van der Waals surface area contributed by atoms with Crippen molar-refractivity contribution in [2.24, 2.45) is 5.92 Å². The van der Waals surface area contributed by atoms with E-state index in [-0.39, 0.29) is 24.7 Å². The molecule has 6 nitrogen and oxygen atoms in total. The Kier molecular flexibility index (Phi) is 4.13. The van der Waals surface area contributed by atoms with Crippen molar-refractivity contribution in [3.8, 4) is 0 Å². The number of carbonyl (C=O) groups excluding carboxylic acids is 1. The molecule has 22 heavy (non-hydrogen) atoms. The average molecular weight is 303 g/mol. The Bertz CT molecular complexity index is 676. The third-order valence-corrected chi connectivity index (χ3v) is 4.42. The lowest BCUT2D eigenvalue weighted by atomic mass is 9.76. The molecule has 6 heteroatoms. The summed E-state index contributed by atoms with van der Waals surface area (Å²) in [6.45, 7) is 1.89. The quantitative estimate of drug-likeness (QED) is 0.670. The van der Waals surface area contributed by atoms with Crippen LogP contribution in [-0.4, -0.2) is 38.2 Å². The number of fused-ring (bicyclic) bond motifs is 1. The van der Waals surface area contributed by atoms with E-state index in [1.54, 1.807) is 18.2 Å². The summed E-state index contributed by atoms with van der Waals surface area (Å²) in [5, 5.41) is 21.6. The van der Waals surface area contributed by atoms with E-state index in [0.717, 1.165) is 30.3 Å². The molecule has 0 aliphatic heterocycles. The van der Waals surface area contributed by atoms with Crippen LogP contribution in [0.15, 0.2) is 18.2 Å². The molecule has 3 rings (SSSR count). The van der Waals surface area contributed by atoms with Crippen molar-refractivity contribution in [1.82, 2.24) is 15.3 Å². The second-order valence-electron chi connectivity index (χ2n) is 5.95. The number of amides is 1. The fourth-order valence-corrected chi connectivity index (χ4v) is 3.04. The van der Waals surface area contributed by atoms with Crippen LogP contribution in [0.1, 0.15) is 42.4 Å². The number of hydrogen-bond acceptors (Lipinski definition) is 4. The van der Waals surface area contributed by atoms with Crippen LogP contribution in [0.4, 0.5) is 0 Å². The van der Waals surface area contributed by atoms with Crippen molar-refractivity contribution in [2.45, 2.75) is 44.9 Å². The molecule has 118 valence electrons. The fourth-order valence-electron chi connectivity index (χ4n) is 3.04. The molecule has 1 fully saturated rings. The summed E-state index contributed by atoms with van der Waals surface area (Å²) in [4.78, 5) is 19.6. The standard InChI is InChI=1S/C16H21N3O3/c1-2-12(10-5-11(21)6-10)19-16(22)9-3-4-13-14(7-9)18-15(8-20)17-13/h3-4,7,10-12,20-21H,2,5-6,8H2,1H3,(H,17,18)(H,19,22)/t10?,11?,12-/m1/s1. The van der Waals surface area contributed by atoms with E-state index >= 15 is 0 Å². The highest BCUT2D eigenvalue weighted by atomic mass is 16.3. The van der Waals surface area contributed by atoms with Gasteiger partial charge in [-0.25, -0.2) is 4.98 Å². The van der Waals surface area contributed by atoms with E-state index in [9.17, 15) is 9.90 Å². The number of carbonyl (C=O) groups is 1. The molecule has 1 amide bonds. The van der Waals surface area contributed by atoms with Gasteiger partial charge in [0.1, 0.15) is 12.4 Å². The zero-order valence-electron chi connectivity index (χ0n) is 12.5. The number of imidazole rings is 1. The lowest BCUT2D eigenvalue weighted by molar-refractivity contribution is 0.0232. The highest BCUT2D eigenvalue weighted by Crippen LogP contribution is 2.31. The van der Waals surface area contributed by atoms with Crippen molar-refractivity contribution in [3.63, 3.8) is 0 Å². The summed E-state index contributed by atoms with van der Waals surface area (Å²) in [6.07, 6.45) is 2.16.